The molecular formula is C13H22OSi. The first-order chi connectivity index (χ1) is 7.04. The molecule has 1 aliphatic heterocycles. The number of fused-ring (bicyclic) bond motifs is 1. The number of allylic oxidation sites excluding steroid dienone is 1. The number of hydrogen-bond donors (Lipinski definition) is 0. The van der Waals surface area contributed by atoms with Gasteiger partial charge in [-0.25, -0.2) is 0 Å². The molecule has 1 nitrogen and oxygen atoms in total. The zero-order valence-electron chi connectivity index (χ0n) is 10.2. The average molecular weight is 222 g/mol. The van der Waals surface area contributed by atoms with Gasteiger partial charge in [-0.1, -0.05) is 25.3 Å². The van der Waals surface area contributed by atoms with E-state index < -0.39 is 8.07 Å². The van der Waals surface area contributed by atoms with Gasteiger partial charge in [0, 0.05) is 0 Å². The third-order valence-electron chi connectivity index (χ3n) is 3.09. The summed E-state index contributed by atoms with van der Waals surface area (Å²) in [6, 6.07) is 0. The van der Waals surface area contributed by atoms with Crippen LogP contribution in [0.5, 0.6) is 0 Å². The summed E-state index contributed by atoms with van der Waals surface area (Å²) in [6.07, 6.45) is 7.45. The fourth-order valence-electron chi connectivity index (χ4n) is 2.11. The van der Waals surface area contributed by atoms with E-state index in [2.05, 4.69) is 31.1 Å². The Labute approximate surface area is 94.2 Å². The fraction of sp³-hybridized carbons (Fsp3) is 0.769. The van der Waals surface area contributed by atoms with Gasteiger partial charge in [-0.2, -0.15) is 0 Å². The van der Waals surface area contributed by atoms with Crippen molar-refractivity contribution in [3.8, 4) is 0 Å². The molecule has 2 fully saturated rings. The Morgan fingerprint density at radius 3 is 2.67 bits per heavy atom. The Morgan fingerprint density at radius 1 is 1.20 bits per heavy atom. The van der Waals surface area contributed by atoms with E-state index in [9.17, 15) is 0 Å². The smallest absolute Gasteiger partial charge is 0.0845 e. The van der Waals surface area contributed by atoms with Crippen LogP contribution < -0.4 is 0 Å². The van der Waals surface area contributed by atoms with E-state index in [0.717, 1.165) is 0 Å². The molecule has 2 aliphatic rings. The summed E-state index contributed by atoms with van der Waals surface area (Å²) in [5, 5.41) is 0. The minimum Gasteiger partial charge on any atom is -0.370 e. The molecule has 15 heavy (non-hydrogen) atoms. The van der Waals surface area contributed by atoms with Crippen molar-refractivity contribution in [1.82, 2.24) is 0 Å². The fourth-order valence-corrected chi connectivity index (χ4v) is 2.75. The van der Waals surface area contributed by atoms with E-state index in [0.29, 0.717) is 12.2 Å². The molecule has 1 aliphatic carbocycles. The lowest BCUT2D eigenvalue weighted by Crippen LogP contribution is -2.14. The first-order valence-electron chi connectivity index (χ1n) is 6.16. The Hall–Kier alpha value is -0.303. The molecule has 2 rings (SSSR count). The van der Waals surface area contributed by atoms with Gasteiger partial charge in [-0.15, -0.1) is 5.73 Å². The quantitative estimate of drug-likeness (QED) is 0.374. The maximum atomic E-state index is 5.59. The first kappa shape index (κ1) is 11.2. The van der Waals surface area contributed by atoms with Crippen LogP contribution in [-0.4, -0.2) is 20.3 Å². The van der Waals surface area contributed by atoms with Crippen LogP contribution in [0.4, 0.5) is 0 Å². The maximum absolute atomic E-state index is 5.59. The summed E-state index contributed by atoms with van der Waals surface area (Å²) in [6.45, 7) is 7.09. The Bertz CT molecular complexity index is 294. The molecule has 0 amide bonds. The zero-order chi connectivity index (χ0) is 10.9. The number of rotatable bonds is 1. The molecule has 84 valence electrons. The predicted octanol–water partition coefficient (Wildman–Crippen LogP) is 3.68. The highest BCUT2D eigenvalue weighted by molar-refractivity contribution is 6.80. The molecular weight excluding hydrogens is 200 g/mol. The lowest BCUT2D eigenvalue weighted by molar-refractivity contribution is 0.358. The SMILES string of the molecule is C[Si](C)(C)C=C=C1CCCC2OC2CC1. The standard InChI is InChI=1S/C13H22OSi/c1-15(2,3)10-9-11-5-4-6-12-13(14-12)8-7-11/h10,12-13H,4-8H2,1-3H3. The van der Waals surface area contributed by atoms with Crippen molar-refractivity contribution in [2.45, 2.75) is 64.0 Å². The molecule has 2 atom stereocenters. The molecule has 0 aromatic rings. The van der Waals surface area contributed by atoms with Crippen molar-refractivity contribution in [3.05, 3.63) is 17.0 Å². The summed E-state index contributed by atoms with van der Waals surface area (Å²) in [7, 11) is -1.06. The Morgan fingerprint density at radius 2 is 1.93 bits per heavy atom. The van der Waals surface area contributed by atoms with Crippen LogP contribution in [0, 0.1) is 0 Å². The second-order valence-corrected chi connectivity index (χ2v) is 10.9. The van der Waals surface area contributed by atoms with Crippen LogP contribution in [0.15, 0.2) is 17.0 Å². The Balaban J connectivity index is 1.98. The van der Waals surface area contributed by atoms with E-state index in [-0.39, 0.29) is 0 Å². The minimum atomic E-state index is -1.06. The molecule has 1 heterocycles. The van der Waals surface area contributed by atoms with E-state index in [1.165, 1.54) is 37.7 Å². The highest BCUT2D eigenvalue weighted by atomic mass is 28.3. The summed E-state index contributed by atoms with van der Waals surface area (Å²) in [5.41, 5.74) is 7.46. The van der Waals surface area contributed by atoms with Gasteiger partial charge in [0.15, 0.2) is 0 Å². The van der Waals surface area contributed by atoms with E-state index >= 15 is 0 Å². The van der Waals surface area contributed by atoms with Gasteiger partial charge in [0.25, 0.3) is 0 Å². The monoisotopic (exact) mass is 222 g/mol. The predicted molar refractivity (Wildman–Crippen MR) is 66.7 cm³/mol. The third-order valence-corrected chi connectivity index (χ3v) is 4.11. The van der Waals surface area contributed by atoms with Gasteiger partial charge in [-0.3, -0.25) is 0 Å². The number of hydrogen-bond acceptors (Lipinski definition) is 1. The number of epoxide rings is 1. The van der Waals surface area contributed by atoms with Crippen molar-refractivity contribution in [2.24, 2.45) is 0 Å². The van der Waals surface area contributed by atoms with E-state index in [1.807, 2.05) is 0 Å². The summed E-state index contributed by atoms with van der Waals surface area (Å²) in [4.78, 5) is 0. The van der Waals surface area contributed by atoms with Crippen molar-refractivity contribution in [2.75, 3.05) is 0 Å². The summed E-state index contributed by atoms with van der Waals surface area (Å²) < 4.78 is 5.59. The van der Waals surface area contributed by atoms with Crippen molar-refractivity contribution in [1.29, 1.82) is 0 Å². The second-order valence-electron chi connectivity index (χ2n) is 5.90. The highest BCUT2D eigenvalue weighted by Gasteiger charge is 2.38. The highest BCUT2D eigenvalue weighted by Crippen LogP contribution is 2.35. The molecule has 0 aromatic carbocycles. The van der Waals surface area contributed by atoms with Crippen LogP contribution in [0.3, 0.4) is 0 Å². The maximum Gasteiger partial charge on any atom is 0.0845 e. The lowest BCUT2D eigenvalue weighted by Gasteiger charge is -2.09. The lowest BCUT2D eigenvalue weighted by atomic mass is 9.97. The molecule has 0 spiro atoms. The third kappa shape index (κ3) is 3.64. The Kier molecular flexibility index (Phi) is 3.20. The normalized spacial score (nSPS) is 31.0. The van der Waals surface area contributed by atoms with Gasteiger partial charge in [0.05, 0.1) is 20.3 Å². The molecule has 1 saturated heterocycles. The minimum absolute atomic E-state index is 0.592. The largest absolute Gasteiger partial charge is 0.370 e. The molecule has 0 N–H and O–H groups in total. The van der Waals surface area contributed by atoms with Gasteiger partial charge < -0.3 is 4.74 Å². The first-order valence-corrected chi connectivity index (χ1v) is 9.73. The second kappa shape index (κ2) is 4.29. The van der Waals surface area contributed by atoms with Crippen molar-refractivity contribution >= 4 is 8.07 Å². The van der Waals surface area contributed by atoms with Crippen molar-refractivity contribution in [3.63, 3.8) is 0 Å². The van der Waals surface area contributed by atoms with Gasteiger partial charge in [-0.05, 0) is 37.7 Å². The summed E-state index contributed by atoms with van der Waals surface area (Å²) in [5.74, 6) is 0. The van der Waals surface area contributed by atoms with Gasteiger partial charge in [0.1, 0.15) is 0 Å². The topological polar surface area (TPSA) is 12.5 Å². The van der Waals surface area contributed by atoms with Gasteiger partial charge in [0.2, 0.25) is 0 Å². The number of ether oxygens (including phenoxy) is 1. The molecule has 0 bridgehead atoms. The van der Waals surface area contributed by atoms with E-state index in [4.69, 9.17) is 4.74 Å². The van der Waals surface area contributed by atoms with E-state index in [1.54, 1.807) is 0 Å². The molecule has 2 heteroatoms. The van der Waals surface area contributed by atoms with Crippen LogP contribution >= 0.6 is 0 Å². The van der Waals surface area contributed by atoms with Crippen molar-refractivity contribution < 1.29 is 4.74 Å². The summed E-state index contributed by atoms with van der Waals surface area (Å²) >= 11 is 0. The molecule has 0 aromatic heterocycles. The molecule has 2 unspecified atom stereocenters. The van der Waals surface area contributed by atoms with Crippen LogP contribution in [0.2, 0.25) is 19.6 Å². The van der Waals surface area contributed by atoms with Crippen LogP contribution in [-0.2, 0) is 4.74 Å². The zero-order valence-corrected chi connectivity index (χ0v) is 11.2. The average Bonchev–Trinajstić information content (AvgIpc) is 2.80. The van der Waals surface area contributed by atoms with Crippen LogP contribution in [0.25, 0.3) is 0 Å². The van der Waals surface area contributed by atoms with Crippen LogP contribution in [0.1, 0.15) is 32.1 Å². The van der Waals surface area contributed by atoms with Gasteiger partial charge >= 0.3 is 0 Å². The molecule has 0 radical (unpaired) electrons. The molecule has 1 saturated carbocycles.